The lowest BCUT2D eigenvalue weighted by Gasteiger charge is -2.30. The lowest BCUT2D eigenvalue weighted by atomic mass is 9.97. The molecule has 4 nitrogen and oxygen atoms in total. The van der Waals surface area contributed by atoms with E-state index in [2.05, 4.69) is 17.2 Å². The number of imidazole rings is 1. The van der Waals surface area contributed by atoms with E-state index in [9.17, 15) is 18.3 Å². The Hall–Kier alpha value is -1.86. The van der Waals surface area contributed by atoms with Gasteiger partial charge in [0.1, 0.15) is 5.82 Å². The van der Waals surface area contributed by atoms with Crippen molar-refractivity contribution >= 4 is 0 Å². The standard InChI is InChI=1S/C17H22F3N3O/c1-3-13-4-6-14(7-5-13)12-21-9-8-16(24,17(18,19)20)15-22-10-11-23(15)2/h4-7,10-11,21,24H,3,8-9,12H2,1-2H3. The molecule has 0 amide bonds. The van der Waals surface area contributed by atoms with Crippen molar-refractivity contribution in [3.05, 3.63) is 53.6 Å². The maximum absolute atomic E-state index is 13.4. The maximum atomic E-state index is 13.4. The van der Waals surface area contributed by atoms with E-state index in [1.165, 1.54) is 29.6 Å². The number of alkyl halides is 3. The molecule has 0 fully saturated rings. The molecule has 0 radical (unpaired) electrons. The highest BCUT2D eigenvalue weighted by Crippen LogP contribution is 2.40. The van der Waals surface area contributed by atoms with Crippen molar-refractivity contribution < 1.29 is 18.3 Å². The Labute approximate surface area is 139 Å². The fourth-order valence-electron chi connectivity index (χ4n) is 2.54. The van der Waals surface area contributed by atoms with Gasteiger partial charge in [-0.1, -0.05) is 31.2 Å². The van der Waals surface area contributed by atoms with E-state index in [1.807, 2.05) is 24.3 Å². The van der Waals surface area contributed by atoms with Crippen LogP contribution in [0.1, 0.15) is 30.3 Å². The van der Waals surface area contributed by atoms with Crippen molar-refractivity contribution in [1.29, 1.82) is 0 Å². The Balaban J connectivity index is 1.97. The van der Waals surface area contributed by atoms with Crippen molar-refractivity contribution in [3.63, 3.8) is 0 Å². The number of rotatable bonds is 7. The van der Waals surface area contributed by atoms with E-state index < -0.39 is 24.0 Å². The van der Waals surface area contributed by atoms with Crippen LogP contribution in [0.2, 0.25) is 0 Å². The quantitative estimate of drug-likeness (QED) is 0.762. The predicted octanol–water partition coefficient (Wildman–Crippen LogP) is 2.91. The van der Waals surface area contributed by atoms with Gasteiger partial charge in [-0.3, -0.25) is 0 Å². The number of benzene rings is 1. The fraction of sp³-hybridized carbons (Fsp3) is 0.471. The zero-order valence-electron chi connectivity index (χ0n) is 13.8. The third kappa shape index (κ3) is 3.96. The molecule has 2 aromatic rings. The van der Waals surface area contributed by atoms with Crippen molar-refractivity contribution in [2.45, 2.75) is 38.1 Å². The van der Waals surface area contributed by atoms with Gasteiger partial charge in [-0.15, -0.1) is 0 Å². The highest BCUT2D eigenvalue weighted by atomic mass is 19.4. The molecule has 7 heteroatoms. The molecule has 1 unspecified atom stereocenters. The minimum absolute atomic E-state index is 0.0123. The van der Waals surface area contributed by atoms with Crippen LogP contribution in [0, 0.1) is 0 Å². The van der Waals surface area contributed by atoms with Gasteiger partial charge in [-0.05, 0) is 24.1 Å². The van der Waals surface area contributed by atoms with E-state index in [1.54, 1.807) is 0 Å². The van der Waals surface area contributed by atoms with E-state index >= 15 is 0 Å². The first kappa shape index (κ1) is 18.5. The molecule has 0 saturated heterocycles. The van der Waals surface area contributed by atoms with Crippen LogP contribution in [0.4, 0.5) is 13.2 Å². The van der Waals surface area contributed by atoms with Crippen LogP contribution in [-0.4, -0.2) is 27.4 Å². The summed E-state index contributed by atoms with van der Waals surface area (Å²) in [5.74, 6) is -0.399. The van der Waals surface area contributed by atoms with Crippen molar-refractivity contribution in [2.24, 2.45) is 7.05 Å². The summed E-state index contributed by atoms with van der Waals surface area (Å²) in [6.07, 6.45) is -1.73. The lowest BCUT2D eigenvalue weighted by molar-refractivity contribution is -0.272. The molecular formula is C17H22F3N3O. The second kappa shape index (κ2) is 7.36. The number of nitrogens with one attached hydrogen (secondary N) is 1. The molecule has 0 aliphatic heterocycles. The van der Waals surface area contributed by atoms with Gasteiger partial charge in [-0.25, -0.2) is 4.98 Å². The minimum atomic E-state index is -4.80. The summed E-state index contributed by atoms with van der Waals surface area (Å²) in [6, 6.07) is 7.88. The SMILES string of the molecule is CCc1ccc(CNCCC(O)(c2nccn2C)C(F)(F)F)cc1. The summed E-state index contributed by atoms with van der Waals surface area (Å²) in [5.41, 5.74) is -0.774. The molecule has 1 aromatic carbocycles. The van der Waals surface area contributed by atoms with Crippen LogP contribution in [0.3, 0.4) is 0 Å². The Morgan fingerprint density at radius 3 is 2.29 bits per heavy atom. The zero-order chi connectivity index (χ0) is 17.8. The molecule has 0 bridgehead atoms. The number of hydrogen-bond donors (Lipinski definition) is 2. The molecule has 0 spiro atoms. The highest BCUT2D eigenvalue weighted by Gasteiger charge is 2.56. The molecule has 2 rings (SSSR count). The van der Waals surface area contributed by atoms with Crippen molar-refractivity contribution in [3.8, 4) is 0 Å². The summed E-state index contributed by atoms with van der Waals surface area (Å²) in [6.45, 7) is 2.51. The first-order valence-corrected chi connectivity index (χ1v) is 7.83. The molecule has 0 saturated carbocycles. The van der Waals surface area contributed by atoms with E-state index in [0.717, 1.165) is 12.0 Å². The van der Waals surface area contributed by atoms with Gasteiger partial charge < -0.3 is 15.0 Å². The van der Waals surface area contributed by atoms with Crippen LogP contribution in [0.25, 0.3) is 0 Å². The third-order valence-electron chi connectivity index (χ3n) is 4.08. The molecule has 0 aliphatic rings. The highest BCUT2D eigenvalue weighted by molar-refractivity contribution is 5.22. The smallest absolute Gasteiger partial charge is 0.374 e. The summed E-state index contributed by atoms with van der Waals surface area (Å²) in [5, 5.41) is 13.2. The third-order valence-corrected chi connectivity index (χ3v) is 4.08. The van der Waals surface area contributed by atoms with Gasteiger partial charge in [0.15, 0.2) is 0 Å². The van der Waals surface area contributed by atoms with E-state index in [0.29, 0.717) is 6.54 Å². The Kier molecular flexibility index (Phi) is 5.66. The Morgan fingerprint density at radius 2 is 1.79 bits per heavy atom. The largest absolute Gasteiger partial charge is 0.424 e. The number of halogens is 3. The number of hydrogen-bond acceptors (Lipinski definition) is 3. The van der Waals surface area contributed by atoms with Gasteiger partial charge in [0.2, 0.25) is 5.60 Å². The lowest BCUT2D eigenvalue weighted by Crippen LogP contribution is -2.46. The molecule has 1 heterocycles. The van der Waals surface area contributed by atoms with Crippen LogP contribution in [0.15, 0.2) is 36.7 Å². The Morgan fingerprint density at radius 1 is 1.17 bits per heavy atom. The Bertz CT molecular complexity index is 652. The van der Waals surface area contributed by atoms with Crippen LogP contribution in [0.5, 0.6) is 0 Å². The topological polar surface area (TPSA) is 50.1 Å². The summed E-state index contributed by atoms with van der Waals surface area (Å²) < 4.78 is 41.2. The van der Waals surface area contributed by atoms with Gasteiger partial charge in [0, 0.05) is 32.4 Å². The summed E-state index contributed by atoms with van der Waals surface area (Å²) in [4.78, 5) is 3.68. The number of aryl methyl sites for hydroxylation is 2. The average molecular weight is 341 g/mol. The number of aromatic nitrogens is 2. The second-order valence-electron chi connectivity index (χ2n) is 5.82. The molecule has 24 heavy (non-hydrogen) atoms. The molecule has 1 atom stereocenters. The normalized spacial score (nSPS) is 14.6. The first-order valence-electron chi connectivity index (χ1n) is 7.83. The van der Waals surface area contributed by atoms with Gasteiger partial charge in [0.25, 0.3) is 0 Å². The monoisotopic (exact) mass is 341 g/mol. The second-order valence-corrected chi connectivity index (χ2v) is 5.82. The van der Waals surface area contributed by atoms with Crippen LogP contribution < -0.4 is 5.32 Å². The summed E-state index contributed by atoms with van der Waals surface area (Å²) >= 11 is 0. The van der Waals surface area contributed by atoms with E-state index in [4.69, 9.17) is 0 Å². The summed E-state index contributed by atoms with van der Waals surface area (Å²) in [7, 11) is 1.43. The predicted molar refractivity (Wildman–Crippen MR) is 85.3 cm³/mol. The van der Waals surface area contributed by atoms with Gasteiger partial charge >= 0.3 is 6.18 Å². The van der Waals surface area contributed by atoms with Crippen molar-refractivity contribution in [1.82, 2.24) is 14.9 Å². The van der Waals surface area contributed by atoms with Crippen molar-refractivity contribution in [2.75, 3.05) is 6.54 Å². The first-order chi connectivity index (χ1) is 11.3. The number of aliphatic hydroxyl groups is 1. The average Bonchev–Trinajstić information content (AvgIpc) is 2.97. The molecule has 2 N–H and O–H groups in total. The van der Waals surface area contributed by atoms with Gasteiger partial charge in [-0.2, -0.15) is 13.2 Å². The van der Waals surface area contributed by atoms with Crippen LogP contribution in [-0.2, 0) is 25.6 Å². The van der Waals surface area contributed by atoms with E-state index in [-0.39, 0.29) is 6.54 Å². The molecular weight excluding hydrogens is 319 g/mol. The fourth-order valence-corrected chi connectivity index (χ4v) is 2.54. The molecule has 132 valence electrons. The number of nitrogens with zero attached hydrogens (tertiary/aromatic N) is 2. The molecule has 1 aromatic heterocycles. The minimum Gasteiger partial charge on any atom is -0.374 e. The molecule has 0 aliphatic carbocycles. The maximum Gasteiger partial charge on any atom is 0.424 e. The van der Waals surface area contributed by atoms with Gasteiger partial charge in [0.05, 0.1) is 0 Å². The van der Waals surface area contributed by atoms with Crippen LogP contribution >= 0.6 is 0 Å². The zero-order valence-corrected chi connectivity index (χ0v) is 13.8.